The van der Waals surface area contributed by atoms with E-state index in [0.717, 1.165) is 22.2 Å². The van der Waals surface area contributed by atoms with E-state index in [0.29, 0.717) is 30.3 Å². The molecule has 0 aliphatic rings. The molecule has 8 nitrogen and oxygen atoms in total. The lowest BCUT2D eigenvalue weighted by Gasteiger charge is -2.13. The Labute approximate surface area is 223 Å². The smallest absolute Gasteiger partial charge is 0.276 e. The van der Waals surface area contributed by atoms with Crippen LogP contribution >= 0.6 is 28.1 Å². The van der Waals surface area contributed by atoms with Gasteiger partial charge in [0.25, 0.3) is 11.8 Å². The first-order valence-corrected chi connectivity index (χ1v) is 12.4. The molecule has 3 aromatic carbocycles. The second-order valence-electron chi connectivity index (χ2n) is 7.40. The number of ether oxygens (including phenoxy) is 3. The largest absolute Gasteiger partial charge is 0.490 e. The third-order valence-electron chi connectivity index (χ3n) is 4.77. The summed E-state index contributed by atoms with van der Waals surface area (Å²) in [6.45, 7) is 2.49. The number of hydrazine groups is 1. The van der Waals surface area contributed by atoms with Gasteiger partial charge in [-0.3, -0.25) is 25.8 Å². The SMILES string of the molecule is CCc1ccc(OCC(=O)NNC(=S)NC(=O)c2cccc(OCCOc3ccccc3)c2)c(Br)c1. The second kappa shape index (κ2) is 14.1. The molecule has 0 fully saturated rings. The van der Waals surface area contributed by atoms with Crippen LogP contribution in [0.3, 0.4) is 0 Å². The van der Waals surface area contributed by atoms with Crippen LogP contribution in [0.5, 0.6) is 17.2 Å². The number of carbonyl (C=O) groups excluding carboxylic acids is 2. The first-order chi connectivity index (χ1) is 17.4. The first-order valence-electron chi connectivity index (χ1n) is 11.2. The average molecular weight is 572 g/mol. The van der Waals surface area contributed by atoms with Gasteiger partial charge in [0, 0.05) is 5.56 Å². The molecule has 188 valence electrons. The van der Waals surface area contributed by atoms with Gasteiger partial charge in [0.2, 0.25) is 0 Å². The van der Waals surface area contributed by atoms with Crippen molar-refractivity contribution in [2.75, 3.05) is 19.8 Å². The highest BCUT2D eigenvalue weighted by Gasteiger charge is 2.11. The zero-order valence-electron chi connectivity index (χ0n) is 19.6. The normalized spacial score (nSPS) is 10.2. The van der Waals surface area contributed by atoms with E-state index in [1.54, 1.807) is 30.3 Å². The summed E-state index contributed by atoms with van der Waals surface area (Å²) < 4.78 is 17.5. The van der Waals surface area contributed by atoms with Crippen LogP contribution in [0.1, 0.15) is 22.8 Å². The molecule has 0 unspecified atom stereocenters. The molecule has 0 radical (unpaired) electrons. The van der Waals surface area contributed by atoms with Crippen LogP contribution in [0, 0.1) is 0 Å². The molecule has 0 aliphatic heterocycles. The third-order valence-corrected chi connectivity index (χ3v) is 5.59. The Balaban J connectivity index is 1.38. The molecular formula is C26H26BrN3O5S. The van der Waals surface area contributed by atoms with E-state index in [1.807, 2.05) is 42.5 Å². The van der Waals surface area contributed by atoms with Crippen molar-refractivity contribution in [3.8, 4) is 17.2 Å². The molecule has 0 bridgehead atoms. The van der Waals surface area contributed by atoms with Gasteiger partial charge in [0.15, 0.2) is 11.7 Å². The number of amides is 2. The van der Waals surface area contributed by atoms with Gasteiger partial charge in [-0.15, -0.1) is 0 Å². The van der Waals surface area contributed by atoms with Gasteiger partial charge >= 0.3 is 0 Å². The summed E-state index contributed by atoms with van der Waals surface area (Å²) in [7, 11) is 0. The summed E-state index contributed by atoms with van der Waals surface area (Å²) in [4.78, 5) is 24.6. The van der Waals surface area contributed by atoms with Crippen molar-refractivity contribution in [1.82, 2.24) is 16.2 Å². The van der Waals surface area contributed by atoms with E-state index in [2.05, 4.69) is 39.0 Å². The first kappa shape index (κ1) is 27.0. The summed E-state index contributed by atoms with van der Waals surface area (Å²) in [5.41, 5.74) is 6.36. The fourth-order valence-corrected chi connectivity index (χ4v) is 3.64. The Morgan fingerprint density at radius 2 is 1.58 bits per heavy atom. The van der Waals surface area contributed by atoms with Gasteiger partial charge in [0.1, 0.15) is 30.5 Å². The van der Waals surface area contributed by atoms with Crippen molar-refractivity contribution >= 4 is 45.1 Å². The van der Waals surface area contributed by atoms with Crippen LogP contribution in [-0.2, 0) is 11.2 Å². The maximum atomic E-state index is 12.5. The van der Waals surface area contributed by atoms with Gasteiger partial charge in [-0.2, -0.15) is 0 Å². The fourth-order valence-electron chi connectivity index (χ4n) is 2.96. The summed E-state index contributed by atoms with van der Waals surface area (Å²) in [5, 5.41) is 2.44. The number of hydrogen-bond donors (Lipinski definition) is 3. The van der Waals surface area contributed by atoms with Crippen LogP contribution in [0.15, 0.2) is 77.3 Å². The highest BCUT2D eigenvalue weighted by Crippen LogP contribution is 2.26. The minimum atomic E-state index is -0.466. The van der Waals surface area contributed by atoms with E-state index in [-0.39, 0.29) is 11.7 Å². The number of hydrogen-bond acceptors (Lipinski definition) is 6. The number of aryl methyl sites for hydroxylation is 1. The number of benzene rings is 3. The van der Waals surface area contributed by atoms with E-state index in [1.165, 1.54) is 0 Å². The number of halogens is 1. The highest BCUT2D eigenvalue weighted by atomic mass is 79.9. The molecule has 3 N–H and O–H groups in total. The Morgan fingerprint density at radius 1 is 0.861 bits per heavy atom. The Morgan fingerprint density at radius 3 is 2.31 bits per heavy atom. The molecule has 0 aromatic heterocycles. The summed E-state index contributed by atoms with van der Waals surface area (Å²) in [6.07, 6.45) is 0.896. The molecule has 2 amide bonds. The van der Waals surface area contributed by atoms with Crippen molar-refractivity contribution in [3.05, 3.63) is 88.4 Å². The monoisotopic (exact) mass is 571 g/mol. The predicted octanol–water partition coefficient (Wildman–Crippen LogP) is 4.18. The van der Waals surface area contributed by atoms with Crippen LogP contribution in [0.4, 0.5) is 0 Å². The van der Waals surface area contributed by atoms with Crippen LogP contribution in [-0.4, -0.2) is 36.7 Å². The van der Waals surface area contributed by atoms with Crippen molar-refractivity contribution < 1.29 is 23.8 Å². The number of thiocarbonyl (C=S) groups is 1. The standard InChI is InChI=1S/C26H26BrN3O5S/c1-2-18-11-12-23(22(27)15-18)35-17-24(31)29-30-26(36)28-25(32)19-7-6-10-21(16-19)34-14-13-33-20-8-4-3-5-9-20/h3-12,15-16H,2,13-14,17H2,1H3,(H,29,31)(H2,28,30,32,36). The molecule has 3 rings (SSSR count). The van der Waals surface area contributed by atoms with Crippen molar-refractivity contribution in [1.29, 1.82) is 0 Å². The van der Waals surface area contributed by atoms with Gasteiger partial charge in [-0.1, -0.05) is 37.3 Å². The topological polar surface area (TPSA) is 97.9 Å². The molecule has 0 heterocycles. The van der Waals surface area contributed by atoms with Crippen molar-refractivity contribution in [3.63, 3.8) is 0 Å². The molecular weight excluding hydrogens is 546 g/mol. The quantitative estimate of drug-likeness (QED) is 0.191. The summed E-state index contributed by atoms with van der Waals surface area (Å²) >= 11 is 8.51. The van der Waals surface area contributed by atoms with Crippen molar-refractivity contribution in [2.24, 2.45) is 0 Å². The van der Waals surface area contributed by atoms with Gasteiger partial charge in [-0.05, 0) is 82.6 Å². The van der Waals surface area contributed by atoms with Gasteiger partial charge in [-0.25, -0.2) is 0 Å². The molecule has 0 saturated carbocycles. The molecule has 0 aliphatic carbocycles. The summed E-state index contributed by atoms with van der Waals surface area (Å²) in [6, 6.07) is 21.7. The lowest BCUT2D eigenvalue weighted by Crippen LogP contribution is -2.49. The number of para-hydroxylation sites is 1. The highest BCUT2D eigenvalue weighted by molar-refractivity contribution is 9.10. The summed E-state index contributed by atoms with van der Waals surface area (Å²) in [5.74, 6) is 0.899. The average Bonchev–Trinajstić information content (AvgIpc) is 2.90. The van der Waals surface area contributed by atoms with Gasteiger partial charge in [0.05, 0.1) is 4.47 Å². The zero-order chi connectivity index (χ0) is 25.8. The molecule has 36 heavy (non-hydrogen) atoms. The molecule has 0 saturated heterocycles. The third kappa shape index (κ3) is 8.86. The number of rotatable bonds is 10. The van der Waals surface area contributed by atoms with Crippen LogP contribution < -0.4 is 30.4 Å². The maximum Gasteiger partial charge on any atom is 0.276 e. The predicted molar refractivity (Wildman–Crippen MR) is 144 cm³/mol. The molecule has 10 heteroatoms. The fraction of sp³-hybridized carbons (Fsp3) is 0.192. The minimum Gasteiger partial charge on any atom is -0.490 e. The lowest BCUT2D eigenvalue weighted by atomic mass is 10.2. The molecule has 3 aromatic rings. The molecule has 0 spiro atoms. The maximum absolute atomic E-state index is 12.5. The van der Waals surface area contributed by atoms with Crippen LogP contribution in [0.2, 0.25) is 0 Å². The number of nitrogens with one attached hydrogen (secondary N) is 3. The Bertz CT molecular complexity index is 1190. The molecule has 0 atom stereocenters. The Kier molecular flexibility index (Phi) is 10.5. The van der Waals surface area contributed by atoms with Gasteiger partial charge < -0.3 is 14.2 Å². The van der Waals surface area contributed by atoms with Crippen LogP contribution in [0.25, 0.3) is 0 Å². The van der Waals surface area contributed by atoms with E-state index < -0.39 is 11.8 Å². The Hall–Kier alpha value is -3.63. The van der Waals surface area contributed by atoms with E-state index in [4.69, 9.17) is 26.4 Å². The number of carbonyl (C=O) groups is 2. The van der Waals surface area contributed by atoms with Crippen molar-refractivity contribution in [2.45, 2.75) is 13.3 Å². The minimum absolute atomic E-state index is 0.0654. The zero-order valence-corrected chi connectivity index (χ0v) is 22.0. The van der Waals surface area contributed by atoms with E-state index in [9.17, 15) is 9.59 Å². The lowest BCUT2D eigenvalue weighted by molar-refractivity contribution is -0.123. The van der Waals surface area contributed by atoms with E-state index >= 15 is 0 Å². The second-order valence-corrected chi connectivity index (χ2v) is 8.66.